The summed E-state index contributed by atoms with van der Waals surface area (Å²) >= 11 is 0. The normalized spacial score (nSPS) is 20.4. The van der Waals surface area contributed by atoms with E-state index in [0.29, 0.717) is 0 Å². The number of nitrogens with one attached hydrogen (secondary N) is 1. The minimum absolute atomic E-state index is 0.772. The van der Waals surface area contributed by atoms with E-state index in [1.54, 1.807) is 0 Å². The number of aromatic nitrogens is 1. The molecule has 106 valence electrons. The zero-order valence-electron chi connectivity index (χ0n) is 12.4. The largest absolute Gasteiger partial charge is 0.370 e. The Morgan fingerprint density at radius 2 is 2.26 bits per heavy atom. The fourth-order valence-corrected chi connectivity index (χ4v) is 3.04. The van der Waals surface area contributed by atoms with Gasteiger partial charge in [0.15, 0.2) is 0 Å². The lowest BCUT2D eigenvalue weighted by molar-refractivity contribution is 0.131. The highest BCUT2D eigenvalue weighted by Gasteiger charge is 2.22. The van der Waals surface area contributed by atoms with Gasteiger partial charge in [0.1, 0.15) is 5.82 Å². The smallest absolute Gasteiger partial charge is 0.130 e. The van der Waals surface area contributed by atoms with E-state index in [0.717, 1.165) is 24.9 Å². The Labute approximate surface area is 117 Å². The van der Waals surface area contributed by atoms with E-state index in [1.165, 1.54) is 44.2 Å². The topological polar surface area (TPSA) is 28.2 Å². The molecule has 1 aromatic heterocycles. The predicted octanol–water partition coefficient (Wildman–Crippen LogP) is 3.67. The molecule has 2 heterocycles. The summed E-state index contributed by atoms with van der Waals surface area (Å²) in [6, 6.07) is 5.03. The van der Waals surface area contributed by atoms with Gasteiger partial charge in [-0.05, 0) is 38.8 Å². The van der Waals surface area contributed by atoms with Gasteiger partial charge < -0.3 is 5.32 Å². The van der Waals surface area contributed by atoms with Gasteiger partial charge in [0.05, 0.1) is 0 Å². The molecule has 0 saturated carbocycles. The third kappa shape index (κ3) is 3.93. The summed E-state index contributed by atoms with van der Waals surface area (Å²) in [7, 11) is 0. The molecule has 0 radical (unpaired) electrons. The lowest BCUT2D eigenvalue weighted by atomic mass is 9.97. The fourth-order valence-electron chi connectivity index (χ4n) is 3.04. The number of rotatable bonds is 6. The fraction of sp³-hybridized carbons (Fsp3) is 0.688. The van der Waals surface area contributed by atoms with Gasteiger partial charge in [-0.2, -0.15) is 0 Å². The van der Waals surface area contributed by atoms with Gasteiger partial charge in [0, 0.05) is 30.9 Å². The standard InChI is InChI=1S/C16H27N3/c1-3-8-15-10-5-6-12-19(15)13-14-9-7-11-18-16(14)17-4-2/h7,9,11,15H,3-6,8,10,12-13H2,1-2H3,(H,17,18). The molecule has 3 nitrogen and oxygen atoms in total. The number of anilines is 1. The molecule has 0 spiro atoms. The predicted molar refractivity (Wildman–Crippen MR) is 81.4 cm³/mol. The summed E-state index contributed by atoms with van der Waals surface area (Å²) in [6.07, 6.45) is 8.60. The molecule has 2 rings (SSSR count). The molecule has 1 N–H and O–H groups in total. The third-order valence-electron chi connectivity index (χ3n) is 3.98. The second-order valence-corrected chi connectivity index (χ2v) is 5.45. The third-order valence-corrected chi connectivity index (χ3v) is 3.98. The number of hydrogen-bond donors (Lipinski definition) is 1. The van der Waals surface area contributed by atoms with Gasteiger partial charge in [-0.15, -0.1) is 0 Å². The number of nitrogens with zero attached hydrogens (tertiary/aromatic N) is 2. The van der Waals surface area contributed by atoms with E-state index >= 15 is 0 Å². The first-order valence-electron chi connectivity index (χ1n) is 7.77. The second-order valence-electron chi connectivity index (χ2n) is 5.45. The number of likely N-dealkylation sites (tertiary alicyclic amines) is 1. The number of piperidine rings is 1. The van der Waals surface area contributed by atoms with Gasteiger partial charge in [0.25, 0.3) is 0 Å². The van der Waals surface area contributed by atoms with Crippen LogP contribution in [0.1, 0.15) is 51.5 Å². The van der Waals surface area contributed by atoms with Crippen molar-refractivity contribution in [2.45, 2.75) is 58.5 Å². The molecule has 1 aliphatic heterocycles. The first-order valence-corrected chi connectivity index (χ1v) is 7.77. The first-order chi connectivity index (χ1) is 9.35. The summed E-state index contributed by atoms with van der Waals surface area (Å²) in [6.45, 7) is 7.63. The van der Waals surface area contributed by atoms with Crippen LogP contribution in [0.4, 0.5) is 5.82 Å². The minimum atomic E-state index is 0.772. The summed E-state index contributed by atoms with van der Waals surface area (Å²) < 4.78 is 0. The van der Waals surface area contributed by atoms with Crippen molar-refractivity contribution in [2.24, 2.45) is 0 Å². The van der Waals surface area contributed by atoms with Crippen LogP contribution in [0.15, 0.2) is 18.3 Å². The van der Waals surface area contributed by atoms with Crippen molar-refractivity contribution in [2.75, 3.05) is 18.4 Å². The quantitative estimate of drug-likeness (QED) is 0.847. The van der Waals surface area contributed by atoms with Crippen molar-refractivity contribution < 1.29 is 0 Å². The van der Waals surface area contributed by atoms with Gasteiger partial charge in [0.2, 0.25) is 0 Å². The summed E-state index contributed by atoms with van der Waals surface area (Å²) in [5.74, 6) is 1.06. The van der Waals surface area contributed by atoms with Crippen molar-refractivity contribution in [1.82, 2.24) is 9.88 Å². The Balaban J connectivity index is 2.05. The number of pyridine rings is 1. The van der Waals surface area contributed by atoms with E-state index in [4.69, 9.17) is 0 Å². The monoisotopic (exact) mass is 261 g/mol. The average molecular weight is 261 g/mol. The second kappa shape index (κ2) is 7.49. The zero-order chi connectivity index (χ0) is 13.5. The number of hydrogen-bond acceptors (Lipinski definition) is 3. The molecule has 19 heavy (non-hydrogen) atoms. The summed E-state index contributed by atoms with van der Waals surface area (Å²) in [4.78, 5) is 7.12. The van der Waals surface area contributed by atoms with Crippen LogP contribution in [0.2, 0.25) is 0 Å². The lowest BCUT2D eigenvalue weighted by Gasteiger charge is -2.36. The van der Waals surface area contributed by atoms with Crippen LogP contribution in [0.5, 0.6) is 0 Å². The van der Waals surface area contributed by atoms with Crippen LogP contribution in [-0.2, 0) is 6.54 Å². The van der Waals surface area contributed by atoms with Crippen LogP contribution >= 0.6 is 0 Å². The molecule has 0 aromatic carbocycles. The molecule has 0 aliphatic carbocycles. The van der Waals surface area contributed by atoms with Crippen LogP contribution in [0.25, 0.3) is 0 Å². The maximum atomic E-state index is 4.47. The molecule has 0 bridgehead atoms. The highest BCUT2D eigenvalue weighted by atomic mass is 15.2. The molecular weight excluding hydrogens is 234 g/mol. The minimum Gasteiger partial charge on any atom is -0.370 e. The van der Waals surface area contributed by atoms with Crippen molar-refractivity contribution in [3.05, 3.63) is 23.9 Å². The molecule has 1 aromatic rings. The Kier molecular flexibility index (Phi) is 5.64. The molecular formula is C16H27N3. The van der Waals surface area contributed by atoms with Gasteiger partial charge in [-0.1, -0.05) is 25.8 Å². The molecule has 1 saturated heterocycles. The van der Waals surface area contributed by atoms with Crippen LogP contribution in [0, 0.1) is 0 Å². The molecule has 1 atom stereocenters. The molecule has 1 unspecified atom stereocenters. The van der Waals surface area contributed by atoms with Gasteiger partial charge >= 0.3 is 0 Å². The van der Waals surface area contributed by atoms with Crippen LogP contribution in [0.3, 0.4) is 0 Å². The lowest BCUT2D eigenvalue weighted by Crippen LogP contribution is -2.39. The van der Waals surface area contributed by atoms with Crippen molar-refractivity contribution >= 4 is 5.82 Å². The van der Waals surface area contributed by atoms with E-state index in [-0.39, 0.29) is 0 Å². The maximum absolute atomic E-state index is 4.47. The Hall–Kier alpha value is -1.09. The van der Waals surface area contributed by atoms with E-state index in [2.05, 4.69) is 41.2 Å². The molecule has 0 amide bonds. The highest BCUT2D eigenvalue weighted by Crippen LogP contribution is 2.24. The van der Waals surface area contributed by atoms with E-state index in [9.17, 15) is 0 Å². The highest BCUT2D eigenvalue weighted by molar-refractivity contribution is 5.43. The van der Waals surface area contributed by atoms with Crippen molar-refractivity contribution in [3.63, 3.8) is 0 Å². The Morgan fingerprint density at radius 3 is 3.05 bits per heavy atom. The molecule has 1 aliphatic rings. The average Bonchev–Trinajstić information content (AvgIpc) is 2.44. The van der Waals surface area contributed by atoms with Crippen molar-refractivity contribution in [3.8, 4) is 0 Å². The van der Waals surface area contributed by atoms with Crippen LogP contribution in [-0.4, -0.2) is 29.0 Å². The van der Waals surface area contributed by atoms with Crippen molar-refractivity contribution in [1.29, 1.82) is 0 Å². The zero-order valence-corrected chi connectivity index (χ0v) is 12.4. The summed E-state index contributed by atoms with van der Waals surface area (Å²) in [5.41, 5.74) is 1.34. The SMILES string of the molecule is CCCC1CCCCN1Cc1cccnc1NCC. The van der Waals surface area contributed by atoms with E-state index < -0.39 is 0 Å². The van der Waals surface area contributed by atoms with Gasteiger partial charge in [-0.3, -0.25) is 4.90 Å². The molecule has 1 fully saturated rings. The van der Waals surface area contributed by atoms with E-state index in [1.807, 2.05) is 6.20 Å². The Bertz CT molecular complexity index is 376. The summed E-state index contributed by atoms with van der Waals surface area (Å²) in [5, 5.41) is 3.37. The van der Waals surface area contributed by atoms with Crippen LogP contribution < -0.4 is 5.32 Å². The first kappa shape index (κ1) is 14.3. The molecule has 3 heteroatoms. The maximum Gasteiger partial charge on any atom is 0.130 e. The van der Waals surface area contributed by atoms with Gasteiger partial charge in [-0.25, -0.2) is 4.98 Å². The Morgan fingerprint density at radius 1 is 1.37 bits per heavy atom.